The molecule has 186 valence electrons. The molecule has 8 heteroatoms. The monoisotopic (exact) mass is 520 g/mol. The highest BCUT2D eigenvalue weighted by Gasteiger charge is 2.52. The van der Waals surface area contributed by atoms with Crippen LogP contribution in [0.1, 0.15) is 20.8 Å². The predicted octanol–water partition coefficient (Wildman–Crippen LogP) is 5.15. The summed E-state index contributed by atoms with van der Waals surface area (Å²) in [4.78, 5) is -0.0669. The molecule has 0 unspecified atom stereocenters. The number of halogens is 1. The van der Waals surface area contributed by atoms with Crippen molar-refractivity contribution in [1.29, 1.82) is 0 Å². The Morgan fingerprint density at radius 1 is 0.806 bits per heavy atom. The van der Waals surface area contributed by atoms with Crippen molar-refractivity contribution in [2.24, 2.45) is 0 Å². The molecule has 3 N–H and O–H groups in total. The number of nitrogens with two attached hydrogens (primary N) is 1. The number of nitrogens with one attached hydrogen (secondary N) is 1. The summed E-state index contributed by atoms with van der Waals surface area (Å²) >= 11 is 0. The number of anilines is 2. The molecule has 0 aliphatic heterocycles. The van der Waals surface area contributed by atoms with Crippen molar-refractivity contribution in [3.63, 3.8) is 0 Å². The minimum absolute atomic E-state index is 0.0669. The van der Waals surface area contributed by atoms with Crippen LogP contribution < -0.4 is 25.3 Å². The van der Waals surface area contributed by atoms with Crippen molar-refractivity contribution < 1.29 is 17.2 Å². The van der Waals surface area contributed by atoms with Crippen molar-refractivity contribution in [2.45, 2.75) is 30.7 Å². The van der Waals surface area contributed by atoms with Crippen molar-refractivity contribution in [2.75, 3.05) is 10.5 Å². The maximum absolute atomic E-state index is 13.4. The summed E-state index contributed by atoms with van der Waals surface area (Å²) in [5.74, 6) is -0.155. The summed E-state index contributed by atoms with van der Waals surface area (Å²) < 4.78 is 49.3. The molecule has 0 aliphatic carbocycles. The van der Waals surface area contributed by atoms with Crippen LogP contribution in [0.5, 0.6) is 5.75 Å². The molecule has 0 spiro atoms. The number of sulfonamides is 1. The van der Waals surface area contributed by atoms with Crippen LogP contribution in [-0.2, 0) is 10.0 Å². The van der Waals surface area contributed by atoms with Gasteiger partial charge in [0.05, 0.1) is 10.6 Å². The molecule has 0 saturated heterocycles. The second-order valence-corrected chi connectivity index (χ2v) is 15.5. The van der Waals surface area contributed by atoms with Crippen LogP contribution in [0.25, 0.3) is 0 Å². The summed E-state index contributed by atoms with van der Waals surface area (Å²) in [5, 5.41) is 1.77. The summed E-state index contributed by atoms with van der Waals surface area (Å²) in [5.41, 5.74) is 6.64. The van der Waals surface area contributed by atoms with Gasteiger partial charge in [0.2, 0.25) is 0 Å². The highest BCUT2D eigenvalue weighted by Crippen LogP contribution is 2.40. The topological polar surface area (TPSA) is 81.4 Å². The Balaban J connectivity index is 1.88. The van der Waals surface area contributed by atoms with E-state index >= 15 is 0 Å². The lowest BCUT2D eigenvalue weighted by atomic mass is 10.2. The van der Waals surface area contributed by atoms with E-state index in [9.17, 15) is 12.8 Å². The van der Waals surface area contributed by atoms with Crippen molar-refractivity contribution in [1.82, 2.24) is 0 Å². The minimum Gasteiger partial charge on any atom is -0.533 e. The number of rotatable bonds is 7. The van der Waals surface area contributed by atoms with Gasteiger partial charge in [-0.15, -0.1) is 0 Å². The molecular weight excluding hydrogens is 491 g/mol. The predicted molar refractivity (Wildman–Crippen MR) is 146 cm³/mol. The van der Waals surface area contributed by atoms with Gasteiger partial charge < -0.3 is 10.2 Å². The summed E-state index contributed by atoms with van der Waals surface area (Å²) in [6.45, 7) is 6.41. The Morgan fingerprint density at radius 3 is 1.83 bits per heavy atom. The lowest BCUT2D eigenvalue weighted by Crippen LogP contribution is -2.68. The fourth-order valence-electron chi connectivity index (χ4n) is 4.35. The zero-order valence-electron chi connectivity index (χ0n) is 20.4. The second-order valence-electron chi connectivity index (χ2n) is 9.58. The van der Waals surface area contributed by atoms with Gasteiger partial charge in [-0.3, -0.25) is 4.72 Å². The molecule has 0 heterocycles. The van der Waals surface area contributed by atoms with E-state index in [4.69, 9.17) is 10.2 Å². The molecule has 4 aromatic carbocycles. The number of benzene rings is 4. The second kappa shape index (κ2) is 9.79. The van der Waals surface area contributed by atoms with E-state index < -0.39 is 24.2 Å². The van der Waals surface area contributed by atoms with Gasteiger partial charge in [-0.2, -0.15) is 0 Å². The van der Waals surface area contributed by atoms with Crippen molar-refractivity contribution >= 4 is 40.1 Å². The Morgan fingerprint density at radius 2 is 1.33 bits per heavy atom. The molecule has 0 saturated carbocycles. The van der Waals surface area contributed by atoms with Gasteiger partial charge in [-0.25, -0.2) is 12.8 Å². The van der Waals surface area contributed by atoms with Gasteiger partial charge >= 0.3 is 8.32 Å². The maximum atomic E-state index is 13.4. The SMILES string of the molecule is CC(C)(C)[Si](Oc1ccc(N)cc1NS(=O)(=O)c1ccc(F)cc1)(c1ccccc1)c1ccccc1. The van der Waals surface area contributed by atoms with E-state index in [1.165, 1.54) is 18.2 Å². The van der Waals surface area contributed by atoms with Gasteiger partial charge in [0, 0.05) is 5.69 Å². The van der Waals surface area contributed by atoms with Crippen LogP contribution in [0, 0.1) is 5.82 Å². The summed E-state index contributed by atoms with van der Waals surface area (Å²) in [6, 6.07) is 29.6. The first-order valence-corrected chi connectivity index (χ1v) is 14.9. The highest BCUT2D eigenvalue weighted by molar-refractivity contribution is 7.92. The number of nitrogen functional groups attached to an aromatic ring is 1. The third-order valence-corrected chi connectivity index (χ3v) is 12.4. The molecule has 5 nitrogen and oxygen atoms in total. The molecule has 0 radical (unpaired) electrons. The first-order chi connectivity index (χ1) is 17.0. The fourth-order valence-corrected chi connectivity index (χ4v) is 9.85. The lowest BCUT2D eigenvalue weighted by Gasteiger charge is -2.43. The van der Waals surface area contributed by atoms with Crippen LogP contribution in [0.3, 0.4) is 0 Å². The van der Waals surface area contributed by atoms with Gasteiger partial charge in [0.15, 0.2) is 0 Å². The van der Waals surface area contributed by atoms with Crippen LogP contribution in [-0.4, -0.2) is 16.7 Å². The van der Waals surface area contributed by atoms with Crippen LogP contribution in [0.4, 0.5) is 15.8 Å². The lowest BCUT2D eigenvalue weighted by molar-refractivity contribution is 0.510. The molecule has 0 atom stereocenters. The molecule has 4 aromatic rings. The van der Waals surface area contributed by atoms with Crippen LogP contribution in [0.2, 0.25) is 5.04 Å². The average molecular weight is 521 g/mol. The van der Waals surface area contributed by atoms with Crippen molar-refractivity contribution in [3.8, 4) is 5.75 Å². The Kier molecular flexibility index (Phi) is 6.93. The summed E-state index contributed by atoms with van der Waals surface area (Å²) in [7, 11) is -7.05. The Labute approximate surface area is 212 Å². The van der Waals surface area contributed by atoms with Crippen molar-refractivity contribution in [3.05, 3.63) is 109 Å². The van der Waals surface area contributed by atoms with Crippen LogP contribution in [0.15, 0.2) is 108 Å². The van der Waals surface area contributed by atoms with E-state index in [1.54, 1.807) is 12.1 Å². The zero-order chi connectivity index (χ0) is 26.0. The minimum atomic E-state index is -4.03. The quantitative estimate of drug-likeness (QED) is 0.261. The molecular formula is C28H29FN2O3SSi. The summed E-state index contributed by atoms with van der Waals surface area (Å²) in [6.07, 6.45) is 0. The maximum Gasteiger partial charge on any atom is 0.320 e. The van der Waals surface area contributed by atoms with E-state index in [0.29, 0.717) is 11.4 Å². The molecule has 0 amide bonds. The van der Waals surface area contributed by atoms with Gasteiger partial charge in [0.1, 0.15) is 11.6 Å². The Bertz CT molecular complexity index is 1400. The molecule has 0 bridgehead atoms. The number of hydrogen-bond acceptors (Lipinski definition) is 4. The Hall–Kier alpha value is -3.62. The van der Waals surface area contributed by atoms with Gasteiger partial charge in [-0.05, 0) is 57.9 Å². The third-order valence-electron chi connectivity index (χ3n) is 6.05. The van der Waals surface area contributed by atoms with Gasteiger partial charge in [0.25, 0.3) is 10.0 Å². The van der Waals surface area contributed by atoms with E-state index in [2.05, 4.69) is 49.8 Å². The van der Waals surface area contributed by atoms with Gasteiger partial charge in [-0.1, -0.05) is 81.4 Å². The van der Waals surface area contributed by atoms with E-state index in [-0.39, 0.29) is 15.6 Å². The molecule has 0 aliphatic rings. The van der Waals surface area contributed by atoms with Crippen LogP contribution >= 0.6 is 0 Å². The molecule has 36 heavy (non-hydrogen) atoms. The van der Waals surface area contributed by atoms with E-state index in [0.717, 1.165) is 22.5 Å². The smallest absolute Gasteiger partial charge is 0.320 e. The molecule has 0 fully saturated rings. The average Bonchev–Trinajstić information content (AvgIpc) is 2.84. The third kappa shape index (κ3) is 5.00. The zero-order valence-corrected chi connectivity index (χ0v) is 22.2. The fraction of sp³-hybridized carbons (Fsp3) is 0.143. The standard InChI is InChI=1S/C28H29FN2O3SSi/c1-28(2,3)36(24-10-6-4-7-11-24,25-12-8-5-9-13-25)34-27-19-16-22(30)20-26(27)31-35(32,33)23-17-14-21(29)15-18-23/h4-20,31H,30H2,1-3H3. The normalized spacial score (nSPS) is 12.2. The largest absolute Gasteiger partial charge is 0.533 e. The highest BCUT2D eigenvalue weighted by atomic mass is 32.2. The first-order valence-electron chi connectivity index (χ1n) is 11.5. The van der Waals surface area contributed by atoms with E-state index in [1.807, 2.05) is 36.4 Å². The first kappa shape index (κ1) is 25.5. The number of hydrogen-bond donors (Lipinski definition) is 2. The molecule has 4 rings (SSSR count). The molecule has 0 aromatic heterocycles.